The number of fused-ring (bicyclic) bond motifs is 5. The summed E-state index contributed by atoms with van der Waals surface area (Å²) < 4.78 is 6.67. The van der Waals surface area contributed by atoms with Crippen molar-refractivity contribution in [3.05, 3.63) is 167 Å². The lowest BCUT2D eigenvalue weighted by atomic mass is 9.31. The van der Waals surface area contributed by atoms with E-state index < -0.39 is 5.41 Å². The molecule has 0 fully saturated rings. The summed E-state index contributed by atoms with van der Waals surface area (Å²) in [7, 11) is 0. The molecular weight excluding hydrogens is 497 g/mol. The van der Waals surface area contributed by atoms with Crippen molar-refractivity contribution in [2.24, 2.45) is 0 Å². The van der Waals surface area contributed by atoms with Crippen molar-refractivity contribution >= 4 is 40.4 Å². The quantitative estimate of drug-likeness (QED) is 0.239. The third-order valence-electron chi connectivity index (χ3n) is 9.58. The Morgan fingerprint density at radius 3 is 2.02 bits per heavy atom. The van der Waals surface area contributed by atoms with Gasteiger partial charge in [-0.3, -0.25) is 0 Å². The number of hydrogen-bond donors (Lipinski definition) is 0. The zero-order chi connectivity index (χ0) is 27.1. The Morgan fingerprint density at radius 1 is 0.634 bits per heavy atom. The summed E-state index contributed by atoms with van der Waals surface area (Å²) in [5, 5.41) is 0. The lowest BCUT2D eigenvalue weighted by Crippen LogP contribution is -2.64. The molecule has 0 N–H and O–H groups in total. The van der Waals surface area contributed by atoms with E-state index in [4.69, 9.17) is 4.42 Å². The Labute approximate surface area is 241 Å². The number of aryl methyl sites for hydroxylation is 3. The molecule has 0 bridgehead atoms. The van der Waals surface area contributed by atoms with Crippen LogP contribution >= 0.6 is 0 Å². The van der Waals surface area contributed by atoms with Crippen LogP contribution in [0, 0.1) is 6.92 Å². The van der Waals surface area contributed by atoms with E-state index in [0.29, 0.717) is 0 Å². The largest absolute Gasteiger partial charge is 0.473 e. The minimum absolute atomic E-state index is 0.0181. The lowest BCUT2D eigenvalue weighted by Gasteiger charge is -2.47. The molecule has 0 spiro atoms. The first kappa shape index (κ1) is 23.0. The van der Waals surface area contributed by atoms with Gasteiger partial charge in [0, 0.05) is 17.4 Å². The van der Waals surface area contributed by atoms with E-state index in [0.717, 1.165) is 23.5 Å². The summed E-state index contributed by atoms with van der Waals surface area (Å²) in [6.07, 6.45) is 2.34. The van der Waals surface area contributed by atoms with Gasteiger partial charge in [-0.2, -0.15) is 0 Å². The standard InChI is InChI=1S/C38H28BNO/c1-25-23-35-37(41-25)39-33-17-9-8-15-31(33)38(28-11-4-2-5-12-28,29-13-6-3-7-14-29)32-16-10-18-34(36(32)39)40(35)30-22-21-26-19-20-27(26)24-30/h2-18,21-24H,19-20H2,1H3. The van der Waals surface area contributed by atoms with Crippen LogP contribution < -0.4 is 21.5 Å². The van der Waals surface area contributed by atoms with Crippen molar-refractivity contribution < 1.29 is 4.42 Å². The van der Waals surface area contributed by atoms with Crippen LogP contribution in [-0.2, 0) is 18.3 Å². The highest BCUT2D eigenvalue weighted by molar-refractivity contribution is 6.98. The van der Waals surface area contributed by atoms with Crippen LogP contribution in [0.15, 0.2) is 132 Å². The van der Waals surface area contributed by atoms with E-state index in [-0.39, 0.29) is 6.71 Å². The maximum Gasteiger partial charge on any atom is 0.293 e. The molecule has 0 saturated carbocycles. The average Bonchev–Trinajstić information content (AvgIpc) is 3.39. The van der Waals surface area contributed by atoms with Crippen LogP contribution in [0.3, 0.4) is 0 Å². The van der Waals surface area contributed by atoms with E-state index >= 15 is 0 Å². The van der Waals surface area contributed by atoms with Gasteiger partial charge in [-0.25, -0.2) is 0 Å². The first-order chi connectivity index (χ1) is 20.2. The second-order valence-corrected chi connectivity index (χ2v) is 11.6. The molecule has 194 valence electrons. The molecule has 0 radical (unpaired) electrons. The predicted molar refractivity (Wildman–Crippen MR) is 169 cm³/mol. The van der Waals surface area contributed by atoms with Gasteiger partial charge in [0.15, 0.2) is 0 Å². The van der Waals surface area contributed by atoms with Crippen LogP contribution in [0.5, 0.6) is 0 Å². The van der Waals surface area contributed by atoms with Gasteiger partial charge in [-0.1, -0.05) is 109 Å². The predicted octanol–water partition coefficient (Wildman–Crippen LogP) is 6.68. The molecule has 1 aliphatic carbocycles. The highest BCUT2D eigenvalue weighted by Gasteiger charge is 2.52. The van der Waals surface area contributed by atoms with Gasteiger partial charge in [0.2, 0.25) is 0 Å². The van der Waals surface area contributed by atoms with Crippen LogP contribution in [0.2, 0.25) is 0 Å². The van der Waals surface area contributed by atoms with Crippen molar-refractivity contribution in [2.75, 3.05) is 4.90 Å². The Balaban J connectivity index is 1.43. The maximum atomic E-state index is 6.67. The fourth-order valence-electron chi connectivity index (χ4n) is 7.84. The minimum atomic E-state index is -0.466. The Kier molecular flexibility index (Phi) is 4.70. The van der Waals surface area contributed by atoms with E-state index in [1.807, 2.05) is 0 Å². The van der Waals surface area contributed by atoms with Crippen molar-refractivity contribution in [2.45, 2.75) is 25.2 Å². The Morgan fingerprint density at radius 2 is 1.32 bits per heavy atom. The van der Waals surface area contributed by atoms with E-state index in [1.54, 1.807) is 0 Å². The molecule has 41 heavy (non-hydrogen) atoms. The third-order valence-corrected chi connectivity index (χ3v) is 9.58. The molecule has 0 amide bonds. The summed E-state index contributed by atoms with van der Waals surface area (Å²) >= 11 is 0. The fourth-order valence-corrected chi connectivity index (χ4v) is 7.84. The summed E-state index contributed by atoms with van der Waals surface area (Å²) in [5.41, 5.74) is 15.0. The van der Waals surface area contributed by atoms with Gasteiger partial charge in [-0.05, 0) is 76.8 Å². The first-order valence-electron chi connectivity index (χ1n) is 14.6. The van der Waals surface area contributed by atoms with E-state index in [1.165, 1.54) is 62.1 Å². The second-order valence-electron chi connectivity index (χ2n) is 11.6. The lowest BCUT2D eigenvalue weighted by molar-refractivity contribution is 0.564. The SMILES string of the molecule is Cc1cc2c(o1)B1c3ccccc3C(c3ccccc3)(c3ccccc3)c3cccc(c31)N2c1ccc2c(c1)CC2. The van der Waals surface area contributed by atoms with Crippen LogP contribution in [0.1, 0.15) is 39.1 Å². The molecule has 3 aliphatic rings. The first-order valence-corrected chi connectivity index (χ1v) is 14.6. The highest BCUT2D eigenvalue weighted by Crippen LogP contribution is 2.49. The topological polar surface area (TPSA) is 16.4 Å². The van der Waals surface area contributed by atoms with Gasteiger partial charge in [0.25, 0.3) is 6.71 Å². The summed E-state index contributed by atoms with van der Waals surface area (Å²) in [6.45, 7) is 2.09. The zero-order valence-corrected chi connectivity index (χ0v) is 23.0. The van der Waals surface area contributed by atoms with Crippen molar-refractivity contribution in [3.63, 3.8) is 0 Å². The number of benzene rings is 5. The molecule has 6 aromatic rings. The molecule has 3 heteroatoms. The number of furan rings is 1. The molecule has 2 aliphatic heterocycles. The molecular formula is C38H28BNO. The normalized spacial score (nSPS) is 15.3. The maximum absolute atomic E-state index is 6.67. The van der Waals surface area contributed by atoms with E-state index in [2.05, 4.69) is 139 Å². The minimum Gasteiger partial charge on any atom is -0.473 e. The van der Waals surface area contributed by atoms with Gasteiger partial charge in [0.05, 0.1) is 16.8 Å². The summed E-state index contributed by atoms with van der Waals surface area (Å²) in [6, 6.07) is 47.3. The molecule has 0 atom stereocenters. The van der Waals surface area contributed by atoms with Crippen molar-refractivity contribution in [1.29, 1.82) is 0 Å². The number of hydrogen-bond acceptors (Lipinski definition) is 2. The van der Waals surface area contributed by atoms with Gasteiger partial charge >= 0.3 is 0 Å². The summed E-state index contributed by atoms with van der Waals surface area (Å²) in [4.78, 5) is 2.45. The Hall–Kier alpha value is -4.76. The molecule has 0 unspecified atom stereocenters. The number of rotatable bonds is 3. The van der Waals surface area contributed by atoms with Gasteiger partial charge in [0.1, 0.15) is 5.76 Å². The second kappa shape index (κ2) is 8.38. The van der Waals surface area contributed by atoms with Crippen molar-refractivity contribution in [3.8, 4) is 0 Å². The fraction of sp³-hybridized carbons (Fsp3) is 0.105. The third kappa shape index (κ3) is 2.98. The van der Waals surface area contributed by atoms with Crippen molar-refractivity contribution in [1.82, 2.24) is 0 Å². The average molecular weight is 525 g/mol. The van der Waals surface area contributed by atoms with Crippen LogP contribution in [-0.4, -0.2) is 6.71 Å². The molecule has 5 aromatic carbocycles. The Bertz CT molecular complexity index is 1930. The molecule has 2 nitrogen and oxygen atoms in total. The van der Waals surface area contributed by atoms with Gasteiger partial charge in [-0.15, -0.1) is 0 Å². The van der Waals surface area contributed by atoms with E-state index in [9.17, 15) is 0 Å². The smallest absolute Gasteiger partial charge is 0.293 e. The van der Waals surface area contributed by atoms with Crippen LogP contribution in [0.4, 0.5) is 17.1 Å². The molecule has 9 rings (SSSR count). The monoisotopic (exact) mass is 525 g/mol. The number of anilines is 3. The number of nitrogens with zero attached hydrogens (tertiary/aromatic N) is 1. The molecule has 3 heterocycles. The van der Waals surface area contributed by atoms with Crippen LogP contribution in [0.25, 0.3) is 0 Å². The molecule has 1 aromatic heterocycles. The highest BCUT2D eigenvalue weighted by atomic mass is 16.3. The zero-order valence-electron chi connectivity index (χ0n) is 23.0. The summed E-state index contributed by atoms with van der Waals surface area (Å²) in [5.74, 6) is 0.943. The molecule has 0 saturated heterocycles. The van der Waals surface area contributed by atoms with Gasteiger partial charge < -0.3 is 9.32 Å².